The van der Waals surface area contributed by atoms with Gasteiger partial charge in [-0.25, -0.2) is 0 Å². The highest BCUT2D eigenvalue weighted by Gasteiger charge is 2.31. The lowest BCUT2D eigenvalue weighted by Crippen LogP contribution is -2.34. The van der Waals surface area contributed by atoms with Gasteiger partial charge < -0.3 is 10.1 Å². The van der Waals surface area contributed by atoms with Gasteiger partial charge in [0.05, 0.1) is 22.9 Å². The maximum atomic E-state index is 12.8. The highest BCUT2D eigenvalue weighted by molar-refractivity contribution is 7.80. The third-order valence-electron chi connectivity index (χ3n) is 3.63. The Bertz CT molecular complexity index is 859. The average molecular weight is 431 g/mol. The third kappa shape index (κ3) is 6.38. The Morgan fingerprint density at radius 1 is 1.21 bits per heavy atom. The van der Waals surface area contributed by atoms with Crippen LogP contribution in [0, 0.1) is 0 Å². The lowest BCUT2D eigenvalue weighted by Gasteiger charge is -2.14. The van der Waals surface area contributed by atoms with Gasteiger partial charge in [-0.3, -0.25) is 10.1 Å². The van der Waals surface area contributed by atoms with E-state index in [9.17, 15) is 18.0 Å². The van der Waals surface area contributed by atoms with Crippen LogP contribution in [0.15, 0.2) is 42.5 Å². The molecule has 2 N–H and O–H groups in total. The molecule has 0 bridgehead atoms. The van der Waals surface area contributed by atoms with Crippen molar-refractivity contribution >= 4 is 40.5 Å². The number of thiocarbonyl (C=S) groups is 1. The van der Waals surface area contributed by atoms with Gasteiger partial charge in [0.25, 0.3) is 5.91 Å². The van der Waals surface area contributed by atoms with Gasteiger partial charge in [-0.2, -0.15) is 13.2 Å². The Morgan fingerprint density at radius 2 is 1.96 bits per heavy atom. The molecule has 2 aromatic carbocycles. The summed E-state index contributed by atoms with van der Waals surface area (Å²) in [5.41, 5.74) is -0.641. The molecule has 28 heavy (non-hydrogen) atoms. The van der Waals surface area contributed by atoms with E-state index < -0.39 is 17.6 Å². The second kappa shape index (κ2) is 9.75. The van der Waals surface area contributed by atoms with Crippen LogP contribution in [-0.2, 0) is 6.18 Å². The molecule has 1 amide bonds. The van der Waals surface area contributed by atoms with Crippen LogP contribution in [0.5, 0.6) is 5.75 Å². The second-order valence-corrected chi connectivity index (χ2v) is 6.65. The molecule has 0 radical (unpaired) electrons. The van der Waals surface area contributed by atoms with E-state index in [-0.39, 0.29) is 15.8 Å². The Balaban J connectivity index is 2.03. The zero-order valence-corrected chi connectivity index (χ0v) is 16.5. The summed E-state index contributed by atoms with van der Waals surface area (Å²) in [5.74, 6) is 0.0161. The summed E-state index contributed by atoms with van der Waals surface area (Å²) in [7, 11) is 0. The predicted octanol–water partition coefficient (Wildman–Crippen LogP) is 5.66. The highest BCUT2D eigenvalue weighted by atomic mass is 35.5. The van der Waals surface area contributed by atoms with Gasteiger partial charge in [-0.05, 0) is 55.0 Å². The number of unbranched alkanes of at least 4 members (excludes halogenated alkanes) is 1. The number of alkyl halides is 3. The fraction of sp³-hybridized carbons (Fsp3) is 0.263. The summed E-state index contributed by atoms with van der Waals surface area (Å²) in [5, 5.41) is 4.79. The minimum atomic E-state index is -4.52. The number of benzene rings is 2. The van der Waals surface area contributed by atoms with E-state index in [2.05, 4.69) is 10.6 Å². The molecule has 150 valence electrons. The van der Waals surface area contributed by atoms with Crippen LogP contribution in [0.3, 0.4) is 0 Å². The van der Waals surface area contributed by atoms with Crippen LogP contribution >= 0.6 is 23.8 Å². The van der Waals surface area contributed by atoms with Crippen LogP contribution in [0.2, 0.25) is 5.02 Å². The summed E-state index contributed by atoms with van der Waals surface area (Å²) in [4.78, 5) is 12.3. The molecular formula is C19H18ClF3N2O2S. The molecule has 0 fully saturated rings. The van der Waals surface area contributed by atoms with E-state index in [0.29, 0.717) is 17.9 Å². The minimum Gasteiger partial charge on any atom is -0.494 e. The summed E-state index contributed by atoms with van der Waals surface area (Å²) in [6, 6.07) is 9.31. The van der Waals surface area contributed by atoms with Gasteiger partial charge in [0.2, 0.25) is 0 Å². The SMILES string of the molecule is CCCCOc1cccc(C(=O)NC(=S)Nc2cc(C(F)(F)F)ccc2Cl)c1. The molecule has 0 saturated carbocycles. The summed E-state index contributed by atoms with van der Waals surface area (Å²) in [6.07, 6.45) is -2.65. The highest BCUT2D eigenvalue weighted by Crippen LogP contribution is 2.33. The maximum Gasteiger partial charge on any atom is 0.416 e. The largest absolute Gasteiger partial charge is 0.494 e. The fourth-order valence-corrected chi connectivity index (χ4v) is 2.56. The number of ether oxygens (including phenoxy) is 1. The number of nitrogens with one attached hydrogen (secondary N) is 2. The van der Waals surface area contributed by atoms with Crippen LogP contribution in [-0.4, -0.2) is 17.6 Å². The number of carbonyl (C=O) groups is 1. The Kier molecular flexibility index (Phi) is 7.65. The van der Waals surface area contributed by atoms with Gasteiger partial charge >= 0.3 is 6.18 Å². The van der Waals surface area contributed by atoms with E-state index in [0.717, 1.165) is 31.0 Å². The van der Waals surface area contributed by atoms with Gasteiger partial charge in [-0.1, -0.05) is 31.0 Å². The molecule has 0 heterocycles. The van der Waals surface area contributed by atoms with E-state index in [4.69, 9.17) is 28.6 Å². The molecule has 0 unspecified atom stereocenters. The predicted molar refractivity (Wildman–Crippen MR) is 107 cm³/mol. The first-order valence-electron chi connectivity index (χ1n) is 8.42. The lowest BCUT2D eigenvalue weighted by atomic mass is 10.2. The zero-order chi connectivity index (χ0) is 20.7. The number of halogens is 4. The van der Waals surface area contributed by atoms with Gasteiger partial charge in [0.1, 0.15) is 5.75 Å². The van der Waals surface area contributed by atoms with Crippen molar-refractivity contribution in [2.45, 2.75) is 25.9 Å². The van der Waals surface area contributed by atoms with Crippen LogP contribution < -0.4 is 15.4 Å². The average Bonchev–Trinajstić information content (AvgIpc) is 2.63. The number of carbonyl (C=O) groups excluding carboxylic acids is 1. The molecule has 0 atom stereocenters. The fourth-order valence-electron chi connectivity index (χ4n) is 2.19. The number of hydrogen-bond acceptors (Lipinski definition) is 3. The molecule has 0 aliphatic heterocycles. The molecule has 0 aliphatic rings. The monoisotopic (exact) mass is 430 g/mol. The standard InChI is InChI=1S/C19H18ClF3N2O2S/c1-2-3-9-27-14-6-4-5-12(10-14)17(26)25-18(28)24-16-11-13(19(21,22)23)7-8-15(16)20/h4-8,10-11H,2-3,9H2,1H3,(H2,24,25,26,28). The second-order valence-electron chi connectivity index (χ2n) is 5.83. The van der Waals surface area contributed by atoms with Crippen molar-refractivity contribution in [1.29, 1.82) is 0 Å². The van der Waals surface area contributed by atoms with E-state index in [1.54, 1.807) is 24.3 Å². The number of anilines is 1. The number of hydrogen-bond donors (Lipinski definition) is 2. The normalized spacial score (nSPS) is 11.0. The summed E-state index contributed by atoms with van der Waals surface area (Å²) < 4.78 is 44.0. The molecule has 2 aromatic rings. The van der Waals surface area contributed by atoms with Crippen LogP contribution in [0.1, 0.15) is 35.7 Å². The van der Waals surface area contributed by atoms with Crippen molar-refractivity contribution in [3.05, 3.63) is 58.6 Å². The molecule has 0 aromatic heterocycles. The van der Waals surface area contributed by atoms with Crippen molar-refractivity contribution in [1.82, 2.24) is 5.32 Å². The van der Waals surface area contributed by atoms with Crippen molar-refractivity contribution < 1.29 is 22.7 Å². The third-order valence-corrected chi connectivity index (χ3v) is 4.17. The van der Waals surface area contributed by atoms with Gasteiger partial charge in [0.15, 0.2) is 5.11 Å². The van der Waals surface area contributed by atoms with E-state index >= 15 is 0 Å². The Morgan fingerprint density at radius 3 is 2.64 bits per heavy atom. The quantitative estimate of drug-likeness (QED) is 0.458. The maximum absolute atomic E-state index is 12.8. The molecule has 4 nitrogen and oxygen atoms in total. The molecule has 0 spiro atoms. The molecular weight excluding hydrogens is 413 g/mol. The Hall–Kier alpha value is -2.32. The minimum absolute atomic E-state index is 0.0379. The van der Waals surface area contributed by atoms with Crippen molar-refractivity contribution in [3.8, 4) is 5.75 Å². The lowest BCUT2D eigenvalue weighted by molar-refractivity contribution is -0.137. The van der Waals surface area contributed by atoms with Crippen molar-refractivity contribution in [3.63, 3.8) is 0 Å². The first-order valence-corrected chi connectivity index (χ1v) is 9.21. The molecule has 0 saturated heterocycles. The number of rotatable bonds is 6. The van der Waals surface area contributed by atoms with Gasteiger partial charge in [-0.15, -0.1) is 0 Å². The molecule has 9 heteroatoms. The van der Waals surface area contributed by atoms with Gasteiger partial charge in [0, 0.05) is 5.56 Å². The first-order chi connectivity index (χ1) is 13.2. The number of amides is 1. The van der Waals surface area contributed by atoms with E-state index in [1.807, 2.05) is 6.92 Å². The van der Waals surface area contributed by atoms with Crippen molar-refractivity contribution in [2.75, 3.05) is 11.9 Å². The van der Waals surface area contributed by atoms with Crippen LogP contribution in [0.25, 0.3) is 0 Å². The summed E-state index contributed by atoms with van der Waals surface area (Å²) >= 11 is 10.9. The smallest absolute Gasteiger partial charge is 0.416 e. The Labute approximate surface area is 171 Å². The first kappa shape index (κ1) is 22.0. The zero-order valence-electron chi connectivity index (χ0n) is 14.9. The van der Waals surface area contributed by atoms with Crippen LogP contribution in [0.4, 0.5) is 18.9 Å². The molecule has 0 aliphatic carbocycles. The topological polar surface area (TPSA) is 50.4 Å². The summed E-state index contributed by atoms with van der Waals surface area (Å²) in [6.45, 7) is 2.58. The molecule has 2 rings (SSSR count). The van der Waals surface area contributed by atoms with Crippen molar-refractivity contribution in [2.24, 2.45) is 0 Å². The van der Waals surface area contributed by atoms with E-state index in [1.165, 1.54) is 0 Å².